The molecule has 0 aromatic carbocycles. The molecule has 0 radical (unpaired) electrons. The van der Waals surface area contributed by atoms with Crippen molar-refractivity contribution >= 4 is 10.3 Å². The number of aliphatic hydroxyl groups is 1. The molecule has 1 saturated carbocycles. The highest BCUT2D eigenvalue weighted by molar-refractivity contribution is 7.84. The Morgan fingerprint density at radius 2 is 2.15 bits per heavy atom. The van der Waals surface area contributed by atoms with Crippen LogP contribution in [-0.4, -0.2) is 26.2 Å². The Hall–Kier alpha value is -0.170. The lowest BCUT2D eigenvalue weighted by atomic mass is 10.1. The first-order valence-electron chi connectivity index (χ1n) is 4.23. The predicted molar refractivity (Wildman–Crippen MR) is 47.0 cm³/mol. The third-order valence-corrected chi connectivity index (χ3v) is 2.80. The van der Waals surface area contributed by atoms with E-state index in [1.54, 1.807) is 0 Å². The number of aliphatic hydroxyl groups excluding tert-OH is 1. The van der Waals surface area contributed by atoms with E-state index in [-0.39, 0.29) is 12.5 Å². The van der Waals surface area contributed by atoms with E-state index in [4.69, 9.17) is 0 Å². The van der Waals surface area contributed by atoms with Gasteiger partial charge in [0.2, 0.25) is 0 Å². The van der Waals surface area contributed by atoms with Crippen LogP contribution in [0.15, 0.2) is 0 Å². The molecule has 0 unspecified atom stereocenters. The van der Waals surface area contributed by atoms with Crippen LogP contribution in [0, 0.1) is 11.8 Å². The molecule has 13 heavy (non-hydrogen) atoms. The first kappa shape index (κ1) is 10.9. The number of rotatable bonds is 3. The zero-order chi connectivity index (χ0) is 10.1. The van der Waals surface area contributed by atoms with Gasteiger partial charge in [0.1, 0.15) is 0 Å². The van der Waals surface area contributed by atoms with E-state index in [0.29, 0.717) is 12.3 Å². The fourth-order valence-corrected chi connectivity index (χ4v) is 2.10. The maximum Gasteiger partial charge on any atom is 0.333 e. The van der Waals surface area contributed by atoms with Gasteiger partial charge >= 0.3 is 10.3 Å². The normalized spacial score (nSPS) is 35.2. The zero-order valence-electron chi connectivity index (χ0n) is 7.51. The highest BCUT2D eigenvalue weighted by Crippen LogP contribution is 2.30. The fraction of sp³-hybridized carbons (Fsp3) is 1.00. The third-order valence-electron chi connectivity index (χ3n) is 2.34. The summed E-state index contributed by atoms with van der Waals surface area (Å²) in [5.74, 6) is 0.317. The van der Waals surface area contributed by atoms with Crippen LogP contribution in [0.5, 0.6) is 0 Å². The molecule has 0 aliphatic heterocycles. The highest BCUT2D eigenvalue weighted by atomic mass is 32.2. The van der Waals surface area contributed by atoms with Gasteiger partial charge in [-0.05, 0) is 18.8 Å². The summed E-state index contributed by atoms with van der Waals surface area (Å²) in [6.45, 7) is 2.00. The largest absolute Gasteiger partial charge is 0.393 e. The molecule has 6 heteroatoms. The van der Waals surface area contributed by atoms with Crippen LogP contribution < -0.4 is 5.14 Å². The van der Waals surface area contributed by atoms with Crippen molar-refractivity contribution in [3.05, 3.63) is 0 Å². The van der Waals surface area contributed by atoms with Crippen molar-refractivity contribution in [1.82, 2.24) is 0 Å². The third kappa shape index (κ3) is 3.60. The van der Waals surface area contributed by atoms with E-state index in [9.17, 15) is 13.5 Å². The van der Waals surface area contributed by atoms with Crippen molar-refractivity contribution in [3.8, 4) is 0 Å². The minimum atomic E-state index is -3.86. The average molecular weight is 209 g/mol. The van der Waals surface area contributed by atoms with Crippen molar-refractivity contribution in [3.63, 3.8) is 0 Å². The molecular weight excluding hydrogens is 194 g/mol. The Morgan fingerprint density at radius 1 is 1.54 bits per heavy atom. The van der Waals surface area contributed by atoms with E-state index in [1.165, 1.54) is 0 Å². The van der Waals surface area contributed by atoms with E-state index in [2.05, 4.69) is 9.32 Å². The smallest absolute Gasteiger partial charge is 0.333 e. The Morgan fingerprint density at radius 3 is 2.54 bits per heavy atom. The summed E-state index contributed by atoms with van der Waals surface area (Å²) in [7, 11) is -3.86. The second kappa shape index (κ2) is 3.91. The monoisotopic (exact) mass is 209 g/mol. The van der Waals surface area contributed by atoms with Gasteiger partial charge in [0.15, 0.2) is 0 Å². The van der Waals surface area contributed by atoms with Gasteiger partial charge in [-0.3, -0.25) is 4.18 Å². The molecule has 0 aromatic rings. The van der Waals surface area contributed by atoms with Crippen LogP contribution in [0.2, 0.25) is 0 Å². The molecule has 3 atom stereocenters. The molecule has 0 saturated heterocycles. The lowest BCUT2D eigenvalue weighted by Gasteiger charge is -2.12. The van der Waals surface area contributed by atoms with E-state index in [1.807, 2.05) is 6.92 Å². The molecule has 1 aliphatic rings. The molecule has 0 bridgehead atoms. The SMILES string of the molecule is C[C@@H]1C[C@H](COS(N)(=O)=O)[C@@H](O)C1. The van der Waals surface area contributed by atoms with Gasteiger partial charge < -0.3 is 5.11 Å². The van der Waals surface area contributed by atoms with Gasteiger partial charge in [-0.25, -0.2) is 5.14 Å². The van der Waals surface area contributed by atoms with E-state index in [0.717, 1.165) is 6.42 Å². The predicted octanol–water partition coefficient (Wildman–Crippen LogP) is -0.387. The van der Waals surface area contributed by atoms with Crippen molar-refractivity contribution in [2.24, 2.45) is 17.0 Å². The van der Waals surface area contributed by atoms with Crippen molar-refractivity contribution in [1.29, 1.82) is 0 Å². The lowest BCUT2D eigenvalue weighted by Crippen LogP contribution is -2.24. The van der Waals surface area contributed by atoms with Crippen LogP contribution in [-0.2, 0) is 14.5 Å². The molecule has 1 rings (SSSR count). The van der Waals surface area contributed by atoms with E-state index >= 15 is 0 Å². The van der Waals surface area contributed by atoms with Crippen LogP contribution in [0.25, 0.3) is 0 Å². The zero-order valence-corrected chi connectivity index (χ0v) is 8.33. The van der Waals surface area contributed by atoms with Crippen LogP contribution in [0.4, 0.5) is 0 Å². The second-order valence-corrected chi connectivity index (χ2v) is 4.90. The van der Waals surface area contributed by atoms with Gasteiger partial charge in [0.05, 0.1) is 12.7 Å². The first-order valence-corrected chi connectivity index (χ1v) is 5.71. The summed E-state index contributed by atoms with van der Waals surface area (Å²) in [6, 6.07) is 0. The Kier molecular flexibility index (Phi) is 3.28. The molecule has 0 amide bonds. The topological polar surface area (TPSA) is 89.6 Å². The van der Waals surface area contributed by atoms with Gasteiger partial charge in [-0.2, -0.15) is 8.42 Å². The minimum Gasteiger partial charge on any atom is -0.393 e. The van der Waals surface area contributed by atoms with Gasteiger partial charge in [-0.1, -0.05) is 6.92 Å². The molecule has 1 aliphatic carbocycles. The summed E-state index contributed by atoms with van der Waals surface area (Å²) in [5.41, 5.74) is 0. The molecule has 0 spiro atoms. The molecule has 0 heterocycles. The fourth-order valence-electron chi connectivity index (χ4n) is 1.74. The Bertz CT molecular complexity index is 264. The molecule has 78 valence electrons. The van der Waals surface area contributed by atoms with Gasteiger partial charge in [-0.15, -0.1) is 0 Å². The molecule has 5 nitrogen and oxygen atoms in total. The van der Waals surface area contributed by atoms with Gasteiger partial charge in [0, 0.05) is 5.92 Å². The summed E-state index contributed by atoms with van der Waals surface area (Å²) in [4.78, 5) is 0. The lowest BCUT2D eigenvalue weighted by molar-refractivity contribution is 0.100. The molecule has 1 fully saturated rings. The Labute approximate surface area is 78.1 Å². The summed E-state index contributed by atoms with van der Waals surface area (Å²) in [6.07, 6.45) is 1.03. The van der Waals surface area contributed by atoms with Crippen LogP contribution in [0.3, 0.4) is 0 Å². The summed E-state index contributed by atoms with van der Waals surface area (Å²) < 4.78 is 25.3. The quantitative estimate of drug-likeness (QED) is 0.662. The van der Waals surface area contributed by atoms with Crippen LogP contribution >= 0.6 is 0 Å². The maximum absolute atomic E-state index is 10.5. The highest BCUT2D eigenvalue weighted by Gasteiger charge is 2.31. The molecule has 0 aromatic heterocycles. The first-order chi connectivity index (χ1) is 5.88. The van der Waals surface area contributed by atoms with E-state index < -0.39 is 16.4 Å². The summed E-state index contributed by atoms with van der Waals surface area (Å²) in [5, 5.41) is 14.1. The summed E-state index contributed by atoms with van der Waals surface area (Å²) >= 11 is 0. The maximum atomic E-state index is 10.5. The average Bonchev–Trinajstić information content (AvgIpc) is 2.24. The van der Waals surface area contributed by atoms with Crippen molar-refractivity contribution < 1.29 is 17.7 Å². The number of hydrogen-bond donors (Lipinski definition) is 2. The minimum absolute atomic E-state index is 0.00958. The van der Waals surface area contributed by atoms with Crippen molar-refractivity contribution in [2.45, 2.75) is 25.9 Å². The second-order valence-electron chi connectivity index (χ2n) is 3.68. The number of hydrogen-bond acceptors (Lipinski definition) is 4. The Balaban J connectivity index is 2.38. The molecular formula is C7H15NO4S. The standard InChI is InChI=1S/C7H15NO4S/c1-5-2-6(7(9)3-5)4-12-13(8,10)11/h5-7,9H,2-4H2,1H3,(H2,8,10,11)/t5-,6-,7+/m1/s1. The molecule has 3 N–H and O–H groups in total. The number of nitrogens with two attached hydrogens (primary N) is 1. The van der Waals surface area contributed by atoms with Crippen LogP contribution in [0.1, 0.15) is 19.8 Å². The van der Waals surface area contributed by atoms with Gasteiger partial charge in [0.25, 0.3) is 0 Å². The van der Waals surface area contributed by atoms with Crippen molar-refractivity contribution in [2.75, 3.05) is 6.61 Å².